The van der Waals surface area contributed by atoms with Crippen LogP contribution in [0.2, 0.25) is 0 Å². The van der Waals surface area contributed by atoms with Gasteiger partial charge < -0.3 is 26.0 Å². The van der Waals surface area contributed by atoms with Crippen molar-refractivity contribution in [2.75, 3.05) is 7.05 Å². The minimum atomic E-state index is -1.56. The molecule has 0 aromatic heterocycles. The predicted molar refractivity (Wildman–Crippen MR) is 50.8 cm³/mol. The summed E-state index contributed by atoms with van der Waals surface area (Å²) < 4.78 is 0. The molecule has 7 heteroatoms. The van der Waals surface area contributed by atoms with Crippen LogP contribution >= 0.6 is 0 Å². The van der Waals surface area contributed by atoms with Crippen LogP contribution in [0.3, 0.4) is 0 Å². The molecule has 0 fully saturated rings. The lowest BCUT2D eigenvalue weighted by atomic mass is 10.2. The Morgan fingerprint density at radius 3 is 2.20 bits per heavy atom. The molecule has 0 radical (unpaired) electrons. The van der Waals surface area contributed by atoms with Crippen LogP contribution in [0.5, 0.6) is 0 Å². The average Bonchev–Trinajstić information content (AvgIpc) is 2.11. The Balaban J connectivity index is 4.68. The minimum absolute atomic E-state index is 0.115. The number of hydrogen-bond acceptors (Lipinski definition) is 5. The smallest absolute Gasteiger partial charge is 0.306 e. The van der Waals surface area contributed by atoms with Gasteiger partial charge in [0, 0.05) is 14.0 Å². The molecule has 0 spiro atoms. The molecule has 0 aromatic rings. The van der Waals surface area contributed by atoms with Gasteiger partial charge in [-0.25, -0.2) is 0 Å². The zero-order valence-electron chi connectivity index (χ0n) is 8.44. The van der Waals surface area contributed by atoms with E-state index in [2.05, 4.69) is 10.6 Å². The van der Waals surface area contributed by atoms with Crippen molar-refractivity contribution in [3.8, 4) is 0 Å². The Bertz CT molecular complexity index is 287. The number of carbonyl (C=O) groups excluding carboxylic acids is 1. The van der Waals surface area contributed by atoms with E-state index in [-0.39, 0.29) is 5.82 Å². The predicted octanol–water partition coefficient (Wildman–Crippen LogP) is -1.10. The SMILES string of the molecule is CN/C(NC(C)=O)=C(/O)[C@H](O)CC(=O)O. The van der Waals surface area contributed by atoms with Gasteiger partial charge in [0.05, 0.1) is 6.42 Å². The molecule has 1 amide bonds. The molecule has 0 saturated heterocycles. The van der Waals surface area contributed by atoms with E-state index in [1.54, 1.807) is 0 Å². The number of aliphatic hydroxyl groups is 2. The van der Waals surface area contributed by atoms with Crippen LogP contribution < -0.4 is 10.6 Å². The number of rotatable bonds is 5. The third kappa shape index (κ3) is 4.87. The van der Waals surface area contributed by atoms with Crippen LogP contribution in [0.1, 0.15) is 13.3 Å². The highest BCUT2D eigenvalue weighted by atomic mass is 16.4. The van der Waals surface area contributed by atoms with Gasteiger partial charge in [0.2, 0.25) is 5.91 Å². The van der Waals surface area contributed by atoms with Crippen LogP contribution in [0.4, 0.5) is 0 Å². The maximum Gasteiger partial charge on any atom is 0.306 e. The average molecular weight is 218 g/mol. The maximum atomic E-state index is 10.7. The van der Waals surface area contributed by atoms with Crippen LogP contribution in [-0.4, -0.2) is 40.3 Å². The molecule has 0 unspecified atom stereocenters. The highest BCUT2D eigenvalue weighted by molar-refractivity contribution is 5.75. The first-order chi connectivity index (χ1) is 6.88. The fraction of sp³-hybridized carbons (Fsp3) is 0.500. The summed E-state index contributed by atoms with van der Waals surface area (Å²) in [7, 11) is 1.41. The summed E-state index contributed by atoms with van der Waals surface area (Å²) in [5.41, 5.74) is 0. The fourth-order valence-corrected chi connectivity index (χ4v) is 0.859. The number of carboxylic acids is 1. The van der Waals surface area contributed by atoms with Gasteiger partial charge in [-0.15, -0.1) is 0 Å². The first-order valence-corrected chi connectivity index (χ1v) is 4.16. The molecule has 1 atom stereocenters. The van der Waals surface area contributed by atoms with Crippen molar-refractivity contribution in [1.29, 1.82) is 0 Å². The Hall–Kier alpha value is -1.76. The van der Waals surface area contributed by atoms with Crippen molar-refractivity contribution in [3.05, 3.63) is 11.6 Å². The summed E-state index contributed by atoms with van der Waals surface area (Å²) in [6.07, 6.45) is -2.20. The molecule has 0 bridgehead atoms. The van der Waals surface area contributed by atoms with Gasteiger partial charge in [0.1, 0.15) is 11.9 Å². The molecule has 0 saturated carbocycles. The first-order valence-electron chi connectivity index (χ1n) is 4.16. The molecule has 7 nitrogen and oxygen atoms in total. The Labute approximate surface area is 86.4 Å². The van der Waals surface area contributed by atoms with E-state index in [1.165, 1.54) is 14.0 Å². The van der Waals surface area contributed by atoms with E-state index in [9.17, 15) is 19.8 Å². The largest absolute Gasteiger partial charge is 0.506 e. The van der Waals surface area contributed by atoms with E-state index >= 15 is 0 Å². The third-order valence-corrected chi connectivity index (χ3v) is 1.49. The molecule has 0 aliphatic rings. The maximum absolute atomic E-state index is 10.7. The third-order valence-electron chi connectivity index (χ3n) is 1.49. The molecule has 0 rings (SSSR count). The van der Waals surface area contributed by atoms with Crippen LogP contribution in [0.15, 0.2) is 11.6 Å². The number of amides is 1. The molecule has 86 valence electrons. The number of carboxylic acid groups (broad SMARTS) is 1. The normalized spacial score (nSPS) is 13.8. The molecule has 0 aliphatic carbocycles. The van der Waals surface area contributed by atoms with Gasteiger partial charge in [-0.2, -0.15) is 0 Å². The summed E-state index contributed by atoms with van der Waals surface area (Å²) in [5.74, 6) is -2.44. The highest BCUT2D eigenvalue weighted by Crippen LogP contribution is 2.05. The second kappa shape index (κ2) is 5.86. The number of aliphatic carboxylic acids is 1. The Morgan fingerprint density at radius 1 is 1.33 bits per heavy atom. The van der Waals surface area contributed by atoms with Gasteiger partial charge >= 0.3 is 5.97 Å². The van der Waals surface area contributed by atoms with Crippen molar-refractivity contribution in [3.63, 3.8) is 0 Å². The van der Waals surface area contributed by atoms with Crippen molar-refractivity contribution in [1.82, 2.24) is 10.6 Å². The number of hydrogen-bond donors (Lipinski definition) is 5. The summed E-state index contributed by atoms with van der Waals surface area (Å²) in [5, 5.41) is 31.6. The number of nitrogens with one attached hydrogen (secondary N) is 2. The van der Waals surface area contributed by atoms with E-state index in [4.69, 9.17) is 5.11 Å². The monoisotopic (exact) mass is 218 g/mol. The van der Waals surface area contributed by atoms with Crippen molar-refractivity contribution in [2.45, 2.75) is 19.4 Å². The molecule has 0 aliphatic heterocycles. The summed E-state index contributed by atoms with van der Waals surface area (Å²) in [6.45, 7) is 1.22. The molecular formula is C8H14N2O5. The highest BCUT2D eigenvalue weighted by Gasteiger charge is 2.18. The van der Waals surface area contributed by atoms with E-state index < -0.39 is 30.2 Å². The Morgan fingerprint density at radius 2 is 1.87 bits per heavy atom. The van der Waals surface area contributed by atoms with Crippen molar-refractivity contribution >= 4 is 11.9 Å². The minimum Gasteiger partial charge on any atom is -0.506 e. The lowest BCUT2D eigenvalue weighted by Crippen LogP contribution is -2.32. The first kappa shape index (κ1) is 13.2. The fourth-order valence-electron chi connectivity index (χ4n) is 0.859. The van der Waals surface area contributed by atoms with Gasteiger partial charge in [0.25, 0.3) is 0 Å². The molecule has 15 heavy (non-hydrogen) atoms. The van der Waals surface area contributed by atoms with Crippen LogP contribution in [0, 0.1) is 0 Å². The van der Waals surface area contributed by atoms with E-state index in [0.717, 1.165) is 0 Å². The summed E-state index contributed by atoms with van der Waals surface area (Å²) >= 11 is 0. The van der Waals surface area contributed by atoms with Gasteiger partial charge in [-0.3, -0.25) is 9.59 Å². The zero-order valence-corrected chi connectivity index (χ0v) is 8.44. The zero-order chi connectivity index (χ0) is 12.0. The molecular weight excluding hydrogens is 204 g/mol. The van der Waals surface area contributed by atoms with Crippen LogP contribution in [0.25, 0.3) is 0 Å². The molecule has 0 heterocycles. The molecule has 5 N–H and O–H groups in total. The van der Waals surface area contributed by atoms with E-state index in [1.807, 2.05) is 0 Å². The standard InChI is InChI=1S/C8H14N2O5/c1-4(11)10-8(9-2)7(15)5(12)3-6(13)14/h5,9,12,15H,3H2,1-2H3,(H,10,11)(H,13,14)/b8-7-/t5-/m1/s1. The lowest BCUT2D eigenvalue weighted by Gasteiger charge is -2.13. The second-order valence-electron chi connectivity index (χ2n) is 2.81. The Kier molecular flexibility index (Phi) is 5.18. The quantitative estimate of drug-likeness (QED) is 0.374. The molecule has 0 aromatic carbocycles. The van der Waals surface area contributed by atoms with Crippen LogP contribution in [-0.2, 0) is 9.59 Å². The topological polar surface area (TPSA) is 119 Å². The van der Waals surface area contributed by atoms with Gasteiger partial charge in [0.15, 0.2) is 5.76 Å². The number of carbonyl (C=O) groups is 2. The second-order valence-corrected chi connectivity index (χ2v) is 2.81. The van der Waals surface area contributed by atoms with Gasteiger partial charge in [-0.05, 0) is 0 Å². The summed E-state index contributed by atoms with van der Waals surface area (Å²) in [4.78, 5) is 20.9. The number of aliphatic hydroxyl groups excluding tert-OH is 2. The van der Waals surface area contributed by atoms with Crippen molar-refractivity contribution < 1.29 is 24.9 Å². The van der Waals surface area contributed by atoms with Gasteiger partial charge in [-0.1, -0.05) is 0 Å². The lowest BCUT2D eigenvalue weighted by molar-refractivity contribution is -0.139. The summed E-state index contributed by atoms with van der Waals surface area (Å²) in [6, 6.07) is 0. The van der Waals surface area contributed by atoms with E-state index in [0.29, 0.717) is 0 Å². The van der Waals surface area contributed by atoms with Crippen molar-refractivity contribution in [2.24, 2.45) is 0 Å².